The number of rotatable bonds is 2. The molecule has 0 heterocycles. The average molecular weight is 305 g/mol. The second-order valence-corrected chi connectivity index (χ2v) is 7.60. The standard InChI is InChI=1S/C12H17BrO2S/c1-12(2,3)10-5-9(8-13)6-11(7-10)16(4,14)15/h5-7H,8H2,1-4H3. The van der Waals surface area contributed by atoms with Crippen molar-refractivity contribution in [3.8, 4) is 0 Å². The minimum Gasteiger partial charge on any atom is -0.224 e. The third kappa shape index (κ3) is 3.32. The summed E-state index contributed by atoms with van der Waals surface area (Å²) in [5, 5.41) is 0.666. The first kappa shape index (κ1) is 13.7. The third-order valence-electron chi connectivity index (χ3n) is 2.41. The van der Waals surface area contributed by atoms with Crippen LogP contribution in [0.25, 0.3) is 0 Å². The molecule has 0 fully saturated rings. The maximum atomic E-state index is 11.6. The fourth-order valence-corrected chi connectivity index (χ4v) is 2.42. The maximum absolute atomic E-state index is 11.6. The summed E-state index contributed by atoms with van der Waals surface area (Å²) < 4.78 is 23.1. The number of hydrogen-bond acceptors (Lipinski definition) is 2. The Morgan fingerprint density at radius 2 is 1.75 bits per heavy atom. The molecule has 0 saturated carbocycles. The molecule has 2 nitrogen and oxygen atoms in total. The molecule has 0 aliphatic heterocycles. The molecule has 0 atom stereocenters. The van der Waals surface area contributed by atoms with Crippen molar-refractivity contribution in [1.29, 1.82) is 0 Å². The van der Waals surface area contributed by atoms with Gasteiger partial charge in [0.2, 0.25) is 0 Å². The van der Waals surface area contributed by atoms with Gasteiger partial charge in [-0.25, -0.2) is 8.42 Å². The van der Waals surface area contributed by atoms with Crippen molar-refractivity contribution in [1.82, 2.24) is 0 Å². The molecule has 1 aromatic carbocycles. The highest BCUT2D eigenvalue weighted by atomic mass is 79.9. The second-order valence-electron chi connectivity index (χ2n) is 5.02. The van der Waals surface area contributed by atoms with E-state index in [9.17, 15) is 8.42 Å². The minimum atomic E-state index is -3.14. The Hall–Kier alpha value is -0.350. The van der Waals surface area contributed by atoms with Gasteiger partial charge in [0.25, 0.3) is 0 Å². The second kappa shape index (κ2) is 4.49. The van der Waals surface area contributed by atoms with E-state index < -0.39 is 9.84 Å². The summed E-state index contributed by atoms with van der Waals surface area (Å²) in [6.07, 6.45) is 1.24. The zero-order valence-electron chi connectivity index (χ0n) is 10.0. The fraction of sp³-hybridized carbons (Fsp3) is 0.500. The summed E-state index contributed by atoms with van der Waals surface area (Å²) >= 11 is 3.36. The number of benzene rings is 1. The van der Waals surface area contributed by atoms with Gasteiger partial charge in [-0.2, -0.15) is 0 Å². The monoisotopic (exact) mass is 304 g/mol. The molecular weight excluding hydrogens is 288 g/mol. The molecular formula is C12H17BrO2S. The molecule has 4 heteroatoms. The molecule has 0 bridgehead atoms. The van der Waals surface area contributed by atoms with Crippen molar-refractivity contribution >= 4 is 25.8 Å². The van der Waals surface area contributed by atoms with E-state index in [-0.39, 0.29) is 5.41 Å². The van der Waals surface area contributed by atoms with Crippen LogP contribution in [0.15, 0.2) is 23.1 Å². The van der Waals surface area contributed by atoms with Crippen LogP contribution in [0.2, 0.25) is 0 Å². The first-order chi connectivity index (χ1) is 7.14. The fourth-order valence-electron chi connectivity index (χ4n) is 1.38. The van der Waals surface area contributed by atoms with Crippen molar-refractivity contribution in [2.45, 2.75) is 36.4 Å². The van der Waals surface area contributed by atoms with E-state index >= 15 is 0 Å². The predicted molar refractivity (Wildman–Crippen MR) is 70.9 cm³/mol. The van der Waals surface area contributed by atoms with E-state index in [2.05, 4.69) is 36.7 Å². The lowest BCUT2D eigenvalue weighted by Gasteiger charge is -2.20. The highest BCUT2D eigenvalue weighted by Crippen LogP contribution is 2.27. The predicted octanol–water partition coefficient (Wildman–Crippen LogP) is 3.28. The van der Waals surface area contributed by atoms with Crippen molar-refractivity contribution in [2.75, 3.05) is 6.26 Å². The van der Waals surface area contributed by atoms with E-state index in [1.54, 1.807) is 12.1 Å². The molecule has 0 radical (unpaired) electrons. The van der Waals surface area contributed by atoms with Crippen molar-refractivity contribution < 1.29 is 8.42 Å². The Morgan fingerprint density at radius 1 is 1.19 bits per heavy atom. The highest BCUT2D eigenvalue weighted by Gasteiger charge is 2.18. The zero-order valence-corrected chi connectivity index (χ0v) is 12.4. The number of sulfone groups is 1. The molecule has 0 saturated heterocycles. The Kier molecular flexibility index (Phi) is 3.85. The molecule has 1 aromatic rings. The molecule has 16 heavy (non-hydrogen) atoms. The van der Waals surface area contributed by atoms with Gasteiger partial charge in [0.1, 0.15) is 0 Å². The molecule has 1 rings (SSSR count). The van der Waals surface area contributed by atoms with Gasteiger partial charge in [-0.1, -0.05) is 42.8 Å². The van der Waals surface area contributed by atoms with Crippen LogP contribution in [0, 0.1) is 0 Å². The van der Waals surface area contributed by atoms with Gasteiger partial charge >= 0.3 is 0 Å². The number of hydrogen-bond donors (Lipinski definition) is 0. The van der Waals surface area contributed by atoms with Crippen LogP contribution in [-0.4, -0.2) is 14.7 Å². The van der Waals surface area contributed by atoms with Gasteiger partial charge in [-0.05, 0) is 28.7 Å². The maximum Gasteiger partial charge on any atom is 0.175 e. The highest BCUT2D eigenvalue weighted by molar-refractivity contribution is 9.08. The molecule has 0 spiro atoms. The summed E-state index contributed by atoms with van der Waals surface area (Å²) in [6, 6.07) is 5.53. The van der Waals surface area contributed by atoms with Gasteiger partial charge in [-0.3, -0.25) is 0 Å². The first-order valence-electron chi connectivity index (χ1n) is 5.05. The average Bonchev–Trinajstić information content (AvgIpc) is 2.14. The van der Waals surface area contributed by atoms with Crippen LogP contribution in [0.1, 0.15) is 31.9 Å². The smallest absolute Gasteiger partial charge is 0.175 e. The van der Waals surface area contributed by atoms with E-state index in [4.69, 9.17) is 0 Å². The minimum absolute atomic E-state index is 0.0440. The van der Waals surface area contributed by atoms with Crippen LogP contribution in [-0.2, 0) is 20.6 Å². The molecule has 0 aliphatic rings. The van der Waals surface area contributed by atoms with Crippen molar-refractivity contribution in [3.05, 3.63) is 29.3 Å². The van der Waals surface area contributed by atoms with E-state index in [0.29, 0.717) is 10.2 Å². The molecule has 0 N–H and O–H groups in total. The Morgan fingerprint density at radius 3 is 2.12 bits per heavy atom. The van der Waals surface area contributed by atoms with Crippen molar-refractivity contribution in [3.63, 3.8) is 0 Å². The molecule has 0 aliphatic carbocycles. The van der Waals surface area contributed by atoms with E-state index in [1.165, 1.54) is 6.26 Å². The van der Waals surface area contributed by atoms with Crippen LogP contribution in [0.4, 0.5) is 0 Å². The van der Waals surface area contributed by atoms with E-state index in [0.717, 1.165) is 11.1 Å². The van der Waals surface area contributed by atoms with Gasteiger partial charge in [0, 0.05) is 11.6 Å². The Labute approximate surface area is 106 Å². The largest absolute Gasteiger partial charge is 0.224 e. The van der Waals surface area contributed by atoms with Crippen LogP contribution in [0.3, 0.4) is 0 Å². The SMILES string of the molecule is CC(C)(C)c1cc(CBr)cc(S(C)(=O)=O)c1. The van der Waals surface area contributed by atoms with Crippen LogP contribution >= 0.6 is 15.9 Å². The topological polar surface area (TPSA) is 34.1 Å². The van der Waals surface area contributed by atoms with Crippen molar-refractivity contribution in [2.24, 2.45) is 0 Å². The molecule has 0 aromatic heterocycles. The number of halogens is 1. The quantitative estimate of drug-likeness (QED) is 0.786. The summed E-state index contributed by atoms with van der Waals surface area (Å²) in [4.78, 5) is 0.398. The summed E-state index contributed by atoms with van der Waals surface area (Å²) in [5.41, 5.74) is 2.00. The van der Waals surface area contributed by atoms with E-state index in [1.807, 2.05) is 6.07 Å². The summed E-state index contributed by atoms with van der Waals surface area (Å²) in [5.74, 6) is 0. The lowest BCUT2D eigenvalue weighted by Crippen LogP contribution is -2.13. The Balaban J connectivity index is 3.45. The summed E-state index contributed by atoms with van der Waals surface area (Å²) in [6.45, 7) is 6.23. The van der Waals surface area contributed by atoms with Crippen LogP contribution < -0.4 is 0 Å². The van der Waals surface area contributed by atoms with Crippen LogP contribution in [0.5, 0.6) is 0 Å². The normalized spacial score (nSPS) is 12.8. The zero-order chi connectivity index (χ0) is 12.6. The first-order valence-corrected chi connectivity index (χ1v) is 8.06. The van der Waals surface area contributed by atoms with Gasteiger partial charge in [-0.15, -0.1) is 0 Å². The van der Waals surface area contributed by atoms with Gasteiger partial charge in [0.15, 0.2) is 9.84 Å². The Bertz CT molecular complexity index is 484. The third-order valence-corrected chi connectivity index (χ3v) is 4.15. The van der Waals surface area contributed by atoms with Gasteiger partial charge in [0.05, 0.1) is 4.90 Å². The van der Waals surface area contributed by atoms with Gasteiger partial charge < -0.3 is 0 Å². The molecule has 0 amide bonds. The lowest BCUT2D eigenvalue weighted by atomic mass is 9.86. The summed E-state index contributed by atoms with van der Waals surface area (Å²) in [7, 11) is -3.14. The molecule has 0 unspecified atom stereocenters. The molecule has 90 valence electrons. The number of alkyl halides is 1. The lowest BCUT2D eigenvalue weighted by molar-refractivity contribution is 0.584.